The summed E-state index contributed by atoms with van der Waals surface area (Å²) < 4.78 is 16.1. The van der Waals surface area contributed by atoms with Gasteiger partial charge in [0.15, 0.2) is 5.75 Å². The molecule has 0 saturated carbocycles. The summed E-state index contributed by atoms with van der Waals surface area (Å²) in [5.41, 5.74) is 1.06. The number of hydrogen-bond donors (Lipinski definition) is 1. The molecule has 0 radical (unpaired) electrons. The van der Waals surface area contributed by atoms with Crippen LogP contribution in [0.3, 0.4) is 0 Å². The van der Waals surface area contributed by atoms with Crippen LogP contribution in [-0.2, 0) is 16.0 Å². The second-order valence-corrected chi connectivity index (χ2v) is 9.14. The number of esters is 1. The van der Waals surface area contributed by atoms with Crippen LogP contribution in [0.25, 0.3) is 11.0 Å². The van der Waals surface area contributed by atoms with Crippen molar-refractivity contribution in [3.05, 3.63) is 74.6 Å². The maximum Gasteiger partial charge on any atom is 0.408 e. The van der Waals surface area contributed by atoms with Crippen LogP contribution in [0, 0.1) is 13.8 Å². The summed E-state index contributed by atoms with van der Waals surface area (Å²) in [7, 11) is 0. The van der Waals surface area contributed by atoms with Crippen molar-refractivity contribution in [2.24, 2.45) is 0 Å². The molecule has 1 N–H and O–H groups in total. The Kier molecular flexibility index (Phi) is 7.12. The molecule has 0 aliphatic carbocycles. The number of hydrogen-bond acceptors (Lipinski definition) is 6. The predicted molar refractivity (Wildman–Crippen MR) is 126 cm³/mol. The van der Waals surface area contributed by atoms with Gasteiger partial charge < -0.3 is 19.2 Å². The first-order valence-corrected chi connectivity index (χ1v) is 10.8. The second kappa shape index (κ2) is 9.67. The molecule has 3 rings (SSSR count). The Morgan fingerprint density at radius 3 is 2.39 bits per heavy atom. The van der Waals surface area contributed by atoms with Crippen molar-refractivity contribution in [1.29, 1.82) is 0 Å². The lowest BCUT2D eigenvalue weighted by Gasteiger charge is -2.23. The molecule has 0 aliphatic rings. The number of ether oxygens (including phenoxy) is 2. The molecule has 0 bridgehead atoms. The average Bonchev–Trinajstić information content (AvgIpc) is 2.72. The molecular weight excluding hydrogens is 446 g/mol. The first-order chi connectivity index (χ1) is 15.4. The maximum absolute atomic E-state index is 13.1. The van der Waals surface area contributed by atoms with Crippen LogP contribution >= 0.6 is 11.6 Å². The van der Waals surface area contributed by atoms with Gasteiger partial charge in [0.05, 0.1) is 5.02 Å². The highest BCUT2D eigenvalue weighted by molar-refractivity contribution is 6.33. The molecule has 0 unspecified atom stereocenters. The van der Waals surface area contributed by atoms with Crippen molar-refractivity contribution >= 4 is 34.6 Å². The lowest BCUT2D eigenvalue weighted by molar-refractivity contribution is -0.136. The number of aryl methyl sites for hydroxylation is 1. The zero-order valence-electron chi connectivity index (χ0n) is 19.2. The molecule has 3 aromatic rings. The quantitative estimate of drug-likeness (QED) is 0.316. The van der Waals surface area contributed by atoms with Crippen molar-refractivity contribution in [2.75, 3.05) is 0 Å². The van der Waals surface area contributed by atoms with Gasteiger partial charge >= 0.3 is 17.7 Å². The number of rotatable bonds is 5. The van der Waals surface area contributed by atoms with E-state index in [4.69, 9.17) is 25.5 Å². The monoisotopic (exact) mass is 471 g/mol. The fourth-order valence-electron chi connectivity index (χ4n) is 3.19. The summed E-state index contributed by atoms with van der Waals surface area (Å²) in [6.07, 6.45) is -0.570. The Morgan fingerprint density at radius 1 is 1.09 bits per heavy atom. The Balaban J connectivity index is 1.90. The van der Waals surface area contributed by atoms with E-state index in [2.05, 4.69) is 5.32 Å². The largest absolute Gasteiger partial charge is 0.444 e. The van der Waals surface area contributed by atoms with Crippen LogP contribution < -0.4 is 15.7 Å². The van der Waals surface area contributed by atoms with E-state index < -0.39 is 29.3 Å². The molecule has 1 aromatic heterocycles. The number of alkyl carbamates (subject to hydrolysis) is 1. The number of fused-ring (bicyclic) bond motifs is 1. The van der Waals surface area contributed by atoms with Crippen LogP contribution in [0.4, 0.5) is 4.79 Å². The van der Waals surface area contributed by atoms with Crippen molar-refractivity contribution in [3.63, 3.8) is 0 Å². The summed E-state index contributed by atoms with van der Waals surface area (Å²) >= 11 is 6.36. The van der Waals surface area contributed by atoms with Gasteiger partial charge in [-0.05, 0) is 51.8 Å². The van der Waals surface area contributed by atoms with Crippen LogP contribution in [-0.4, -0.2) is 23.7 Å². The third-order valence-corrected chi connectivity index (χ3v) is 5.27. The fourth-order valence-corrected chi connectivity index (χ4v) is 3.40. The molecule has 2 aromatic carbocycles. The van der Waals surface area contributed by atoms with Crippen LogP contribution in [0.15, 0.2) is 51.7 Å². The van der Waals surface area contributed by atoms with E-state index in [1.165, 1.54) is 6.07 Å². The second-order valence-electron chi connectivity index (χ2n) is 8.73. The summed E-state index contributed by atoms with van der Waals surface area (Å²) in [6, 6.07) is 11.1. The molecule has 0 aliphatic heterocycles. The number of benzene rings is 2. The molecule has 0 saturated heterocycles. The summed E-state index contributed by atoms with van der Waals surface area (Å²) in [5.74, 6) is -0.721. The van der Waals surface area contributed by atoms with E-state index in [0.717, 1.165) is 11.1 Å². The molecule has 1 heterocycles. The SMILES string of the molecule is Cc1c(C)c2cc(Cl)c(OC(=O)[C@@H](Cc3ccccc3)NC(=O)OC(C)(C)C)cc2oc1=O. The highest BCUT2D eigenvalue weighted by Gasteiger charge is 2.27. The lowest BCUT2D eigenvalue weighted by atomic mass is 10.1. The third-order valence-electron chi connectivity index (χ3n) is 4.98. The first-order valence-electron chi connectivity index (χ1n) is 10.4. The Bertz CT molecular complexity index is 1240. The van der Waals surface area contributed by atoms with Crippen molar-refractivity contribution in [2.45, 2.75) is 52.7 Å². The molecule has 0 fully saturated rings. The van der Waals surface area contributed by atoms with Gasteiger partial charge in [0.2, 0.25) is 0 Å². The van der Waals surface area contributed by atoms with E-state index in [1.54, 1.807) is 40.7 Å². The average molecular weight is 472 g/mol. The summed E-state index contributed by atoms with van der Waals surface area (Å²) in [4.78, 5) is 37.4. The van der Waals surface area contributed by atoms with Gasteiger partial charge in [-0.25, -0.2) is 14.4 Å². The minimum atomic E-state index is -1.04. The van der Waals surface area contributed by atoms with Gasteiger partial charge in [0.25, 0.3) is 0 Å². The molecule has 33 heavy (non-hydrogen) atoms. The zero-order chi connectivity index (χ0) is 24.3. The molecule has 7 nitrogen and oxygen atoms in total. The van der Waals surface area contributed by atoms with Crippen molar-refractivity contribution < 1.29 is 23.5 Å². The smallest absolute Gasteiger partial charge is 0.408 e. The van der Waals surface area contributed by atoms with E-state index in [-0.39, 0.29) is 22.8 Å². The normalized spacial score (nSPS) is 12.3. The van der Waals surface area contributed by atoms with E-state index >= 15 is 0 Å². The minimum Gasteiger partial charge on any atom is -0.444 e. The number of nitrogens with one attached hydrogen (secondary N) is 1. The maximum atomic E-state index is 13.1. The molecule has 174 valence electrons. The van der Waals surface area contributed by atoms with Gasteiger partial charge in [-0.1, -0.05) is 41.9 Å². The summed E-state index contributed by atoms with van der Waals surface area (Å²) in [6.45, 7) is 8.63. The Labute approximate surface area is 196 Å². The lowest BCUT2D eigenvalue weighted by Crippen LogP contribution is -2.46. The van der Waals surface area contributed by atoms with Crippen LogP contribution in [0.5, 0.6) is 5.75 Å². The number of amides is 1. The predicted octanol–water partition coefficient (Wildman–Crippen LogP) is 5.10. The number of carbonyl (C=O) groups is 2. The molecule has 0 spiro atoms. The number of carbonyl (C=O) groups excluding carboxylic acids is 2. The molecule has 1 amide bonds. The third kappa shape index (κ3) is 6.14. The fraction of sp³-hybridized carbons (Fsp3) is 0.320. The van der Waals surface area contributed by atoms with Crippen molar-refractivity contribution in [3.8, 4) is 5.75 Å². The number of halogens is 1. The van der Waals surface area contributed by atoms with E-state index in [0.29, 0.717) is 10.9 Å². The van der Waals surface area contributed by atoms with Crippen LogP contribution in [0.1, 0.15) is 37.5 Å². The Hall–Kier alpha value is -3.32. The first kappa shape index (κ1) is 24.3. The summed E-state index contributed by atoms with van der Waals surface area (Å²) in [5, 5.41) is 3.38. The zero-order valence-corrected chi connectivity index (χ0v) is 19.9. The Morgan fingerprint density at radius 2 is 1.76 bits per heavy atom. The van der Waals surface area contributed by atoms with Gasteiger partial charge in [0.1, 0.15) is 17.2 Å². The van der Waals surface area contributed by atoms with E-state index in [9.17, 15) is 14.4 Å². The topological polar surface area (TPSA) is 94.8 Å². The standard InChI is InChI=1S/C25H26ClNO6/c1-14-15(2)22(28)31-20-13-21(18(26)12-17(14)20)32-23(29)19(11-16-9-7-6-8-10-16)27-24(30)33-25(3,4)5/h6-10,12-13,19H,11H2,1-5H3,(H,27,30)/t19-/m1/s1. The highest BCUT2D eigenvalue weighted by atomic mass is 35.5. The molecule has 1 atom stereocenters. The molecule has 8 heteroatoms. The highest BCUT2D eigenvalue weighted by Crippen LogP contribution is 2.32. The van der Waals surface area contributed by atoms with Gasteiger partial charge in [-0.3, -0.25) is 0 Å². The van der Waals surface area contributed by atoms with E-state index in [1.807, 2.05) is 30.3 Å². The van der Waals surface area contributed by atoms with Gasteiger partial charge in [-0.2, -0.15) is 0 Å². The van der Waals surface area contributed by atoms with Crippen LogP contribution in [0.2, 0.25) is 5.02 Å². The molecular formula is C25H26ClNO6. The minimum absolute atomic E-state index is 0.0182. The van der Waals surface area contributed by atoms with Gasteiger partial charge in [-0.15, -0.1) is 0 Å². The van der Waals surface area contributed by atoms with Gasteiger partial charge in [0, 0.05) is 23.4 Å². The van der Waals surface area contributed by atoms with Crippen molar-refractivity contribution in [1.82, 2.24) is 5.32 Å².